The third-order valence-corrected chi connectivity index (χ3v) is 4.14. The predicted octanol–water partition coefficient (Wildman–Crippen LogP) is 4.57. The zero-order valence-electron chi connectivity index (χ0n) is 19.2. The highest BCUT2D eigenvalue weighted by Gasteiger charge is 2.20. The number of carbonyl (C=O) groups is 2. The number of nitrogens with zero attached hydrogens (tertiary/aromatic N) is 1. The maximum atomic E-state index is 12.9. The van der Waals surface area contributed by atoms with E-state index in [4.69, 9.17) is 23.7 Å². The van der Waals surface area contributed by atoms with Crippen LogP contribution < -0.4 is 18.9 Å². The summed E-state index contributed by atoms with van der Waals surface area (Å²) in [5.41, 5.74) is 0.562. The molecule has 2 aromatic carbocycles. The van der Waals surface area contributed by atoms with E-state index in [1.807, 2.05) is 26.8 Å². The Bertz CT molecular complexity index is 1030. The molecule has 0 amide bonds. The van der Waals surface area contributed by atoms with E-state index in [2.05, 4.69) is 0 Å². The number of rotatable bonds is 11. The van der Waals surface area contributed by atoms with Crippen molar-refractivity contribution in [2.24, 2.45) is 0 Å². The molecule has 0 aliphatic heterocycles. The minimum Gasteiger partial charge on any atom is -0.490 e. The van der Waals surface area contributed by atoms with Crippen molar-refractivity contribution in [3.63, 3.8) is 0 Å². The summed E-state index contributed by atoms with van der Waals surface area (Å²) < 4.78 is 27.3. The standard InChI is InChI=1S/C25H27NO7/c1-5-29-21-14-18(15-22(30-6-2)23(21)31-7-3)25(28)33-20-11-9-10-17(13-20)12-19(16-26)24(27)32-8-4/h9-15H,5-8H2,1-4H3/b19-12+. The lowest BCUT2D eigenvalue weighted by molar-refractivity contribution is -0.137. The number of ether oxygens (including phenoxy) is 5. The minimum absolute atomic E-state index is 0.158. The second-order valence-corrected chi connectivity index (χ2v) is 6.45. The minimum atomic E-state index is -0.719. The van der Waals surface area contributed by atoms with Crippen LogP contribution in [0.5, 0.6) is 23.0 Å². The van der Waals surface area contributed by atoms with E-state index >= 15 is 0 Å². The van der Waals surface area contributed by atoms with Crippen LogP contribution in [0.1, 0.15) is 43.6 Å². The molecular formula is C25H27NO7. The molecule has 2 aromatic rings. The Morgan fingerprint density at radius 1 is 0.909 bits per heavy atom. The van der Waals surface area contributed by atoms with Crippen molar-refractivity contribution in [3.05, 3.63) is 53.1 Å². The number of hydrogen-bond donors (Lipinski definition) is 0. The van der Waals surface area contributed by atoms with E-state index < -0.39 is 11.9 Å². The lowest BCUT2D eigenvalue weighted by Gasteiger charge is -2.16. The van der Waals surface area contributed by atoms with Gasteiger partial charge in [-0.25, -0.2) is 9.59 Å². The molecule has 0 atom stereocenters. The van der Waals surface area contributed by atoms with Crippen molar-refractivity contribution in [1.82, 2.24) is 0 Å². The summed E-state index contributed by atoms with van der Waals surface area (Å²) in [4.78, 5) is 24.7. The maximum absolute atomic E-state index is 12.9. The van der Waals surface area contributed by atoms with E-state index in [1.54, 1.807) is 25.1 Å². The second kappa shape index (κ2) is 12.8. The first-order valence-electron chi connectivity index (χ1n) is 10.6. The highest BCUT2D eigenvalue weighted by molar-refractivity contribution is 5.98. The fourth-order valence-electron chi connectivity index (χ4n) is 2.85. The molecule has 0 fully saturated rings. The number of esters is 2. The molecule has 0 unspecified atom stereocenters. The maximum Gasteiger partial charge on any atom is 0.348 e. The third kappa shape index (κ3) is 7.01. The zero-order chi connectivity index (χ0) is 24.2. The molecule has 0 aliphatic rings. The Hall–Kier alpha value is -3.99. The van der Waals surface area contributed by atoms with E-state index in [0.29, 0.717) is 42.6 Å². The molecule has 0 saturated carbocycles. The highest BCUT2D eigenvalue weighted by Crippen LogP contribution is 2.39. The smallest absolute Gasteiger partial charge is 0.348 e. The van der Waals surface area contributed by atoms with Gasteiger partial charge in [-0.05, 0) is 63.6 Å². The van der Waals surface area contributed by atoms with Gasteiger partial charge in [-0.15, -0.1) is 0 Å². The fourth-order valence-corrected chi connectivity index (χ4v) is 2.85. The summed E-state index contributed by atoms with van der Waals surface area (Å²) in [7, 11) is 0. The van der Waals surface area contributed by atoms with Crippen LogP contribution in [0.15, 0.2) is 42.0 Å². The van der Waals surface area contributed by atoms with Gasteiger partial charge in [0.2, 0.25) is 5.75 Å². The summed E-state index contributed by atoms with van der Waals surface area (Å²) in [6, 6.07) is 11.3. The van der Waals surface area contributed by atoms with Crippen molar-refractivity contribution < 1.29 is 33.3 Å². The van der Waals surface area contributed by atoms with Gasteiger partial charge in [-0.2, -0.15) is 5.26 Å². The van der Waals surface area contributed by atoms with Gasteiger partial charge < -0.3 is 23.7 Å². The second-order valence-electron chi connectivity index (χ2n) is 6.45. The van der Waals surface area contributed by atoms with Crippen LogP contribution in [0.25, 0.3) is 6.08 Å². The summed E-state index contributed by atoms with van der Waals surface area (Å²) in [5, 5.41) is 9.21. The summed E-state index contributed by atoms with van der Waals surface area (Å²) in [5.74, 6) is 0.0623. The van der Waals surface area contributed by atoms with Crippen molar-refractivity contribution >= 4 is 18.0 Å². The lowest BCUT2D eigenvalue weighted by atomic mass is 10.1. The Kier molecular flexibility index (Phi) is 9.78. The van der Waals surface area contributed by atoms with Crippen molar-refractivity contribution in [2.45, 2.75) is 27.7 Å². The molecule has 0 N–H and O–H groups in total. The first kappa shape index (κ1) is 25.3. The van der Waals surface area contributed by atoms with Crippen LogP contribution in [0.3, 0.4) is 0 Å². The van der Waals surface area contributed by atoms with Gasteiger partial charge in [-0.1, -0.05) is 12.1 Å². The molecule has 0 saturated heterocycles. The zero-order valence-corrected chi connectivity index (χ0v) is 19.2. The predicted molar refractivity (Wildman–Crippen MR) is 122 cm³/mol. The molecule has 2 rings (SSSR count). The van der Waals surface area contributed by atoms with Crippen LogP contribution in [0, 0.1) is 11.3 Å². The molecule has 0 heterocycles. The Morgan fingerprint density at radius 3 is 2.09 bits per heavy atom. The fraction of sp³-hybridized carbons (Fsp3) is 0.320. The normalized spacial score (nSPS) is 10.7. The van der Waals surface area contributed by atoms with Crippen LogP contribution in [0.4, 0.5) is 0 Å². The first-order chi connectivity index (χ1) is 16.0. The first-order valence-corrected chi connectivity index (χ1v) is 10.6. The van der Waals surface area contributed by atoms with Crippen LogP contribution in [-0.2, 0) is 9.53 Å². The van der Waals surface area contributed by atoms with E-state index in [1.165, 1.54) is 24.3 Å². The Labute approximate surface area is 193 Å². The number of nitriles is 1. The van der Waals surface area contributed by atoms with Gasteiger partial charge in [0.25, 0.3) is 0 Å². The van der Waals surface area contributed by atoms with Gasteiger partial charge in [0.1, 0.15) is 17.4 Å². The number of carbonyl (C=O) groups excluding carboxylic acids is 2. The van der Waals surface area contributed by atoms with Crippen molar-refractivity contribution in [1.29, 1.82) is 5.26 Å². The van der Waals surface area contributed by atoms with Gasteiger partial charge in [-0.3, -0.25) is 0 Å². The molecule has 8 nitrogen and oxygen atoms in total. The molecule has 174 valence electrons. The molecule has 33 heavy (non-hydrogen) atoms. The van der Waals surface area contributed by atoms with Crippen LogP contribution >= 0.6 is 0 Å². The average Bonchev–Trinajstić information content (AvgIpc) is 2.80. The molecule has 8 heteroatoms. The van der Waals surface area contributed by atoms with Crippen LogP contribution in [0.2, 0.25) is 0 Å². The quantitative estimate of drug-likeness (QED) is 0.211. The highest BCUT2D eigenvalue weighted by atomic mass is 16.5. The largest absolute Gasteiger partial charge is 0.490 e. The van der Waals surface area contributed by atoms with Crippen LogP contribution in [-0.4, -0.2) is 38.4 Å². The Balaban J connectivity index is 2.34. The average molecular weight is 453 g/mol. The third-order valence-electron chi connectivity index (χ3n) is 4.14. The summed E-state index contributed by atoms with van der Waals surface area (Å²) >= 11 is 0. The SMILES string of the molecule is CCOC(=O)/C(C#N)=C/c1cccc(OC(=O)c2cc(OCC)c(OCC)c(OCC)c2)c1. The van der Waals surface area contributed by atoms with E-state index in [9.17, 15) is 14.9 Å². The topological polar surface area (TPSA) is 104 Å². The van der Waals surface area contributed by atoms with Gasteiger partial charge in [0.15, 0.2) is 11.5 Å². The Morgan fingerprint density at radius 2 is 1.55 bits per heavy atom. The van der Waals surface area contributed by atoms with Crippen molar-refractivity contribution in [2.75, 3.05) is 26.4 Å². The number of benzene rings is 2. The molecule has 0 radical (unpaired) electrons. The van der Waals surface area contributed by atoms with Gasteiger partial charge in [0, 0.05) is 0 Å². The monoisotopic (exact) mass is 453 g/mol. The molecular weight excluding hydrogens is 426 g/mol. The van der Waals surface area contributed by atoms with Gasteiger partial charge in [0.05, 0.1) is 32.0 Å². The molecule has 0 bridgehead atoms. The van der Waals surface area contributed by atoms with Crippen molar-refractivity contribution in [3.8, 4) is 29.1 Å². The van der Waals surface area contributed by atoms with E-state index in [0.717, 1.165) is 0 Å². The van der Waals surface area contributed by atoms with E-state index in [-0.39, 0.29) is 23.5 Å². The number of hydrogen-bond acceptors (Lipinski definition) is 8. The molecule has 0 spiro atoms. The molecule has 0 aromatic heterocycles. The summed E-state index contributed by atoms with van der Waals surface area (Å²) in [6.07, 6.45) is 1.37. The van der Waals surface area contributed by atoms with Gasteiger partial charge >= 0.3 is 11.9 Å². The molecule has 0 aliphatic carbocycles. The lowest BCUT2D eigenvalue weighted by Crippen LogP contribution is -2.11. The summed E-state index contributed by atoms with van der Waals surface area (Å²) in [6.45, 7) is 8.46.